The molecule has 1 aliphatic heterocycles. The van der Waals surface area contributed by atoms with E-state index < -0.39 is 0 Å². The van der Waals surface area contributed by atoms with Gasteiger partial charge in [-0.1, -0.05) is 12.5 Å². The molecular weight excluding hydrogens is 176 g/mol. The van der Waals surface area contributed by atoms with E-state index in [9.17, 15) is 4.79 Å². The van der Waals surface area contributed by atoms with Crippen LogP contribution >= 0.6 is 0 Å². The first kappa shape index (κ1) is 9.19. The van der Waals surface area contributed by atoms with Gasteiger partial charge < -0.3 is 0 Å². The van der Waals surface area contributed by atoms with Crippen molar-refractivity contribution in [2.24, 2.45) is 0 Å². The van der Waals surface area contributed by atoms with Gasteiger partial charge in [-0.2, -0.15) is 0 Å². The minimum absolute atomic E-state index is 0.209. The number of amides is 1. The summed E-state index contributed by atoms with van der Waals surface area (Å²) in [5.74, 6) is 1.00. The summed E-state index contributed by atoms with van der Waals surface area (Å²) in [6.07, 6.45) is 5.64. The third kappa shape index (κ3) is 1.92. The van der Waals surface area contributed by atoms with Crippen LogP contribution in [0.4, 0.5) is 5.82 Å². The fourth-order valence-corrected chi connectivity index (χ4v) is 1.74. The molecule has 0 N–H and O–H groups in total. The second-order valence-electron chi connectivity index (χ2n) is 3.54. The maximum atomic E-state index is 11.7. The van der Waals surface area contributed by atoms with Crippen LogP contribution in [0.25, 0.3) is 0 Å². The summed E-state index contributed by atoms with van der Waals surface area (Å²) in [5.41, 5.74) is 0. The lowest BCUT2D eigenvalue weighted by Crippen LogP contribution is -2.30. The number of nitrogens with zero attached hydrogens (tertiary/aromatic N) is 2. The van der Waals surface area contributed by atoms with E-state index in [0.29, 0.717) is 6.42 Å². The van der Waals surface area contributed by atoms with E-state index in [4.69, 9.17) is 0 Å². The molecule has 0 atom stereocenters. The third-order valence-corrected chi connectivity index (χ3v) is 2.50. The van der Waals surface area contributed by atoms with Crippen LogP contribution in [-0.2, 0) is 4.79 Å². The Morgan fingerprint density at radius 1 is 1.21 bits per heavy atom. The van der Waals surface area contributed by atoms with Gasteiger partial charge in [-0.05, 0) is 25.0 Å². The number of aromatic nitrogens is 1. The largest absolute Gasteiger partial charge is 0.297 e. The minimum atomic E-state index is 0.209. The van der Waals surface area contributed by atoms with Crippen LogP contribution in [0.3, 0.4) is 0 Å². The van der Waals surface area contributed by atoms with Crippen molar-refractivity contribution in [1.29, 1.82) is 0 Å². The molecule has 1 aromatic rings. The molecule has 0 spiro atoms. The van der Waals surface area contributed by atoms with Crippen LogP contribution in [0, 0.1) is 0 Å². The molecule has 1 amide bonds. The fourth-order valence-electron chi connectivity index (χ4n) is 1.74. The van der Waals surface area contributed by atoms with Gasteiger partial charge >= 0.3 is 0 Å². The number of carbonyl (C=O) groups is 1. The molecule has 14 heavy (non-hydrogen) atoms. The van der Waals surface area contributed by atoms with E-state index in [1.54, 1.807) is 11.1 Å². The van der Waals surface area contributed by atoms with E-state index in [0.717, 1.165) is 31.6 Å². The molecule has 1 saturated heterocycles. The Hall–Kier alpha value is -1.38. The van der Waals surface area contributed by atoms with Crippen molar-refractivity contribution in [3.8, 4) is 0 Å². The van der Waals surface area contributed by atoms with Crippen LogP contribution in [-0.4, -0.2) is 17.4 Å². The van der Waals surface area contributed by atoms with E-state index >= 15 is 0 Å². The molecule has 3 nitrogen and oxygen atoms in total. The lowest BCUT2D eigenvalue weighted by molar-refractivity contribution is -0.118. The predicted octanol–water partition coefficient (Wildman–Crippen LogP) is 1.99. The van der Waals surface area contributed by atoms with Gasteiger partial charge in [-0.3, -0.25) is 9.69 Å². The van der Waals surface area contributed by atoms with Crippen LogP contribution in [0.2, 0.25) is 0 Å². The number of hydrogen-bond donors (Lipinski definition) is 0. The molecule has 74 valence electrons. The topological polar surface area (TPSA) is 33.2 Å². The van der Waals surface area contributed by atoms with Crippen molar-refractivity contribution in [1.82, 2.24) is 4.98 Å². The zero-order valence-corrected chi connectivity index (χ0v) is 8.15. The van der Waals surface area contributed by atoms with Gasteiger partial charge in [0.2, 0.25) is 5.91 Å². The predicted molar refractivity (Wildman–Crippen MR) is 55.1 cm³/mol. The molecule has 0 aromatic carbocycles. The first-order valence-corrected chi connectivity index (χ1v) is 5.09. The Kier molecular flexibility index (Phi) is 2.77. The average Bonchev–Trinajstić information content (AvgIpc) is 2.44. The van der Waals surface area contributed by atoms with Crippen molar-refractivity contribution in [3.63, 3.8) is 0 Å². The molecule has 1 fully saturated rings. The molecule has 0 radical (unpaired) electrons. The molecule has 0 unspecified atom stereocenters. The van der Waals surface area contributed by atoms with Gasteiger partial charge in [0.15, 0.2) is 0 Å². The first-order valence-electron chi connectivity index (χ1n) is 5.09. The highest BCUT2D eigenvalue weighted by molar-refractivity contribution is 5.92. The number of anilines is 1. The SMILES string of the molecule is O=C1CCCCCN1c1ccccn1. The Balaban J connectivity index is 2.19. The second kappa shape index (κ2) is 4.22. The molecule has 1 aliphatic rings. The lowest BCUT2D eigenvalue weighted by atomic mass is 10.2. The van der Waals surface area contributed by atoms with Crippen molar-refractivity contribution in [3.05, 3.63) is 24.4 Å². The summed E-state index contributed by atoms with van der Waals surface area (Å²) in [7, 11) is 0. The first-order chi connectivity index (χ1) is 6.88. The molecule has 0 bridgehead atoms. The van der Waals surface area contributed by atoms with E-state index in [-0.39, 0.29) is 5.91 Å². The molecule has 1 aromatic heterocycles. The van der Waals surface area contributed by atoms with E-state index in [1.807, 2.05) is 18.2 Å². The molecule has 0 saturated carbocycles. The normalized spacial score (nSPS) is 18.0. The van der Waals surface area contributed by atoms with Gasteiger partial charge in [0.1, 0.15) is 5.82 Å². The van der Waals surface area contributed by atoms with Crippen molar-refractivity contribution in [2.45, 2.75) is 25.7 Å². The maximum Gasteiger partial charge on any atom is 0.228 e. The molecule has 2 heterocycles. The standard InChI is InChI=1S/C11H14N2O/c14-11-7-2-1-5-9-13(11)10-6-3-4-8-12-10/h3-4,6,8H,1-2,5,7,9H2. The molecule has 3 heteroatoms. The molecule has 0 aliphatic carbocycles. The highest BCUT2D eigenvalue weighted by Gasteiger charge is 2.18. The lowest BCUT2D eigenvalue weighted by Gasteiger charge is -2.18. The summed E-state index contributed by atoms with van der Waals surface area (Å²) in [6, 6.07) is 5.68. The zero-order chi connectivity index (χ0) is 9.80. The smallest absolute Gasteiger partial charge is 0.228 e. The average molecular weight is 190 g/mol. The van der Waals surface area contributed by atoms with Crippen molar-refractivity contribution >= 4 is 11.7 Å². The van der Waals surface area contributed by atoms with Crippen molar-refractivity contribution < 1.29 is 4.79 Å². The molecular formula is C11H14N2O. The Bertz CT molecular complexity index is 310. The number of hydrogen-bond acceptors (Lipinski definition) is 2. The van der Waals surface area contributed by atoms with Crippen LogP contribution < -0.4 is 4.90 Å². The highest BCUT2D eigenvalue weighted by Crippen LogP contribution is 2.17. The summed E-state index contributed by atoms with van der Waals surface area (Å²) in [5, 5.41) is 0. The summed E-state index contributed by atoms with van der Waals surface area (Å²) >= 11 is 0. The quantitative estimate of drug-likeness (QED) is 0.678. The third-order valence-electron chi connectivity index (χ3n) is 2.50. The summed E-state index contributed by atoms with van der Waals surface area (Å²) < 4.78 is 0. The van der Waals surface area contributed by atoms with E-state index in [1.165, 1.54) is 0 Å². The maximum absolute atomic E-state index is 11.7. The van der Waals surface area contributed by atoms with Gasteiger partial charge in [-0.15, -0.1) is 0 Å². The number of carbonyl (C=O) groups excluding carboxylic acids is 1. The summed E-state index contributed by atoms with van der Waals surface area (Å²) in [6.45, 7) is 0.815. The Labute approximate surface area is 83.8 Å². The van der Waals surface area contributed by atoms with Gasteiger partial charge in [0.25, 0.3) is 0 Å². The minimum Gasteiger partial charge on any atom is -0.297 e. The van der Waals surface area contributed by atoms with Gasteiger partial charge in [0, 0.05) is 19.2 Å². The highest BCUT2D eigenvalue weighted by atomic mass is 16.2. The fraction of sp³-hybridized carbons (Fsp3) is 0.455. The van der Waals surface area contributed by atoms with Gasteiger partial charge in [0.05, 0.1) is 0 Å². The Morgan fingerprint density at radius 2 is 2.14 bits per heavy atom. The molecule has 2 rings (SSSR count). The summed E-state index contributed by atoms with van der Waals surface area (Å²) in [4.78, 5) is 17.7. The Morgan fingerprint density at radius 3 is 2.93 bits per heavy atom. The van der Waals surface area contributed by atoms with Crippen LogP contribution in [0.1, 0.15) is 25.7 Å². The second-order valence-corrected chi connectivity index (χ2v) is 3.54. The number of pyridine rings is 1. The number of rotatable bonds is 1. The van der Waals surface area contributed by atoms with Crippen molar-refractivity contribution in [2.75, 3.05) is 11.4 Å². The van der Waals surface area contributed by atoms with Crippen LogP contribution in [0.15, 0.2) is 24.4 Å². The van der Waals surface area contributed by atoms with Gasteiger partial charge in [-0.25, -0.2) is 4.98 Å². The zero-order valence-electron chi connectivity index (χ0n) is 8.15. The van der Waals surface area contributed by atoms with Crippen LogP contribution in [0.5, 0.6) is 0 Å². The van der Waals surface area contributed by atoms with E-state index in [2.05, 4.69) is 4.98 Å². The monoisotopic (exact) mass is 190 g/mol.